The first-order chi connectivity index (χ1) is 9.06. The molecule has 8 nitrogen and oxygen atoms in total. The van der Waals surface area contributed by atoms with E-state index in [2.05, 4.69) is 15.7 Å². The number of aromatic nitrogens is 2. The quantitative estimate of drug-likeness (QED) is 0.691. The molecule has 0 saturated carbocycles. The van der Waals surface area contributed by atoms with Crippen LogP contribution in [-0.4, -0.2) is 46.1 Å². The molecule has 19 heavy (non-hydrogen) atoms. The first-order valence-corrected chi connectivity index (χ1v) is 5.92. The highest BCUT2D eigenvalue weighted by Gasteiger charge is 2.25. The van der Waals surface area contributed by atoms with Crippen LogP contribution in [0, 0.1) is 0 Å². The molecule has 1 fully saturated rings. The van der Waals surface area contributed by atoms with Crippen molar-refractivity contribution in [2.75, 3.05) is 13.2 Å². The highest BCUT2D eigenvalue weighted by molar-refractivity contribution is 5.83. The largest absolute Gasteiger partial charge is 0.479 e. The molecule has 8 heteroatoms. The Kier molecular flexibility index (Phi) is 4.00. The third kappa shape index (κ3) is 3.44. The summed E-state index contributed by atoms with van der Waals surface area (Å²) in [5.74, 6) is -1.13. The van der Waals surface area contributed by atoms with Crippen LogP contribution in [0.5, 0.6) is 0 Å². The van der Waals surface area contributed by atoms with Crippen molar-refractivity contribution >= 4 is 12.0 Å². The van der Waals surface area contributed by atoms with Gasteiger partial charge in [-0.1, -0.05) is 0 Å². The zero-order chi connectivity index (χ0) is 13.8. The molecule has 2 atom stereocenters. The molecule has 0 radical (unpaired) electrons. The van der Waals surface area contributed by atoms with Gasteiger partial charge >= 0.3 is 12.0 Å². The van der Waals surface area contributed by atoms with Crippen LogP contribution in [0.1, 0.15) is 18.0 Å². The number of carbonyl (C=O) groups excluding carboxylic acids is 1. The molecule has 104 valence electrons. The van der Waals surface area contributed by atoms with Gasteiger partial charge in [-0.05, 0) is 6.42 Å². The highest BCUT2D eigenvalue weighted by atomic mass is 16.5. The van der Waals surface area contributed by atoms with Gasteiger partial charge in [0.25, 0.3) is 0 Å². The summed E-state index contributed by atoms with van der Waals surface area (Å²) in [5, 5.41) is 18.1. The minimum Gasteiger partial charge on any atom is -0.479 e. The normalized spacial score (nSPS) is 19.9. The molecule has 0 aromatic carbocycles. The summed E-state index contributed by atoms with van der Waals surface area (Å²) in [6, 6.07) is -1.70. The van der Waals surface area contributed by atoms with E-state index in [9.17, 15) is 9.59 Å². The Balaban J connectivity index is 1.96. The molecule has 1 aromatic heterocycles. The number of ether oxygens (including phenoxy) is 1. The Hall–Kier alpha value is -2.09. The van der Waals surface area contributed by atoms with E-state index in [-0.39, 0.29) is 6.04 Å². The van der Waals surface area contributed by atoms with Crippen LogP contribution in [0.25, 0.3) is 0 Å². The summed E-state index contributed by atoms with van der Waals surface area (Å²) < 4.78 is 6.61. The molecular weight excluding hydrogens is 252 g/mol. The number of carboxylic acid groups (broad SMARTS) is 1. The Morgan fingerprint density at radius 2 is 2.42 bits per heavy atom. The number of urea groups is 1. The van der Waals surface area contributed by atoms with Crippen LogP contribution in [-0.2, 0) is 16.6 Å². The molecular formula is C11H16N4O4. The molecule has 1 saturated heterocycles. The number of carboxylic acids is 1. The molecule has 2 amide bonds. The second-order valence-electron chi connectivity index (χ2n) is 4.40. The van der Waals surface area contributed by atoms with Crippen molar-refractivity contribution in [2.24, 2.45) is 7.05 Å². The van der Waals surface area contributed by atoms with Gasteiger partial charge in [-0.3, -0.25) is 4.68 Å². The molecule has 0 aliphatic carbocycles. The average Bonchev–Trinajstić information content (AvgIpc) is 2.97. The van der Waals surface area contributed by atoms with Crippen molar-refractivity contribution in [1.29, 1.82) is 0 Å². The van der Waals surface area contributed by atoms with Crippen LogP contribution in [0.4, 0.5) is 4.79 Å². The zero-order valence-electron chi connectivity index (χ0n) is 10.5. The number of hydrogen-bond acceptors (Lipinski definition) is 4. The Morgan fingerprint density at radius 1 is 1.63 bits per heavy atom. The van der Waals surface area contributed by atoms with Crippen molar-refractivity contribution in [1.82, 2.24) is 20.4 Å². The molecule has 3 N–H and O–H groups in total. The molecule has 1 aliphatic heterocycles. The fraction of sp³-hybridized carbons (Fsp3) is 0.545. The summed E-state index contributed by atoms with van der Waals surface area (Å²) in [4.78, 5) is 22.9. The van der Waals surface area contributed by atoms with Gasteiger partial charge in [0.05, 0.1) is 18.8 Å². The van der Waals surface area contributed by atoms with Crippen molar-refractivity contribution in [3.8, 4) is 0 Å². The highest BCUT2D eigenvalue weighted by Crippen LogP contribution is 2.12. The zero-order valence-corrected chi connectivity index (χ0v) is 10.5. The van der Waals surface area contributed by atoms with E-state index in [1.54, 1.807) is 13.2 Å². The average molecular weight is 268 g/mol. The van der Waals surface area contributed by atoms with Crippen molar-refractivity contribution in [2.45, 2.75) is 18.5 Å². The van der Waals surface area contributed by atoms with Gasteiger partial charge in [0, 0.05) is 25.4 Å². The number of aliphatic carboxylic acids is 1. The maximum atomic E-state index is 11.7. The fourth-order valence-electron chi connectivity index (χ4n) is 1.88. The predicted molar refractivity (Wildman–Crippen MR) is 64.5 cm³/mol. The molecule has 2 heterocycles. The van der Waals surface area contributed by atoms with Gasteiger partial charge < -0.3 is 20.5 Å². The minimum atomic E-state index is -1.13. The monoisotopic (exact) mass is 268 g/mol. The second kappa shape index (κ2) is 5.70. The summed E-state index contributed by atoms with van der Waals surface area (Å²) in [6.45, 7) is 1.06. The summed E-state index contributed by atoms with van der Waals surface area (Å²) in [7, 11) is 1.68. The third-order valence-corrected chi connectivity index (χ3v) is 2.85. The van der Waals surface area contributed by atoms with Gasteiger partial charge in [0.15, 0.2) is 6.04 Å². The van der Waals surface area contributed by atoms with Crippen molar-refractivity contribution in [3.05, 3.63) is 18.0 Å². The lowest BCUT2D eigenvalue weighted by Crippen LogP contribution is -2.45. The summed E-state index contributed by atoms with van der Waals surface area (Å²) in [5.41, 5.74) is 0.424. The number of rotatable bonds is 4. The van der Waals surface area contributed by atoms with Gasteiger partial charge in [-0.25, -0.2) is 9.59 Å². The van der Waals surface area contributed by atoms with E-state index >= 15 is 0 Å². The number of nitrogens with zero attached hydrogens (tertiary/aromatic N) is 2. The van der Waals surface area contributed by atoms with Crippen LogP contribution < -0.4 is 10.6 Å². The van der Waals surface area contributed by atoms with E-state index in [0.717, 1.165) is 6.42 Å². The van der Waals surface area contributed by atoms with E-state index in [1.807, 2.05) is 0 Å². The lowest BCUT2D eigenvalue weighted by Gasteiger charge is -2.16. The van der Waals surface area contributed by atoms with E-state index in [0.29, 0.717) is 18.8 Å². The van der Waals surface area contributed by atoms with Gasteiger partial charge in [0.2, 0.25) is 0 Å². The fourth-order valence-corrected chi connectivity index (χ4v) is 1.88. The summed E-state index contributed by atoms with van der Waals surface area (Å²) >= 11 is 0. The number of nitrogens with one attached hydrogen (secondary N) is 2. The van der Waals surface area contributed by atoms with E-state index < -0.39 is 18.0 Å². The number of amides is 2. The Bertz CT molecular complexity index is 467. The van der Waals surface area contributed by atoms with Crippen LogP contribution in [0.2, 0.25) is 0 Å². The van der Waals surface area contributed by atoms with E-state index in [1.165, 1.54) is 10.9 Å². The molecule has 2 unspecified atom stereocenters. The van der Waals surface area contributed by atoms with Crippen molar-refractivity contribution < 1.29 is 19.4 Å². The predicted octanol–water partition coefficient (Wildman–Crippen LogP) is -0.366. The number of hydrogen-bond donors (Lipinski definition) is 3. The maximum Gasteiger partial charge on any atom is 0.331 e. The lowest BCUT2D eigenvalue weighted by atomic mass is 10.1. The van der Waals surface area contributed by atoms with Crippen molar-refractivity contribution in [3.63, 3.8) is 0 Å². The second-order valence-corrected chi connectivity index (χ2v) is 4.40. The van der Waals surface area contributed by atoms with Gasteiger partial charge in [-0.15, -0.1) is 0 Å². The first-order valence-electron chi connectivity index (χ1n) is 5.92. The SMILES string of the molecule is Cn1cc(C(NC(=O)NC2CCOC2)C(=O)O)cn1. The van der Waals surface area contributed by atoms with E-state index in [4.69, 9.17) is 9.84 Å². The standard InChI is InChI=1S/C11H16N4O4/c1-15-5-7(4-12-15)9(10(16)17)14-11(18)13-8-2-3-19-6-8/h4-5,8-9H,2-3,6H2,1H3,(H,16,17)(H2,13,14,18). The first kappa shape index (κ1) is 13.3. The van der Waals surface area contributed by atoms with Gasteiger partial charge in [0.1, 0.15) is 0 Å². The van der Waals surface area contributed by atoms with Crippen LogP contribution >= 0.6 is 0 Å². The Labute approximate surface area is 109 Å². The maximum absolute atomic E-state index is 11.7. The molecule has 2 rings (SSSR count). The summed E-state index contributed by atoms with van der Waals surface area (Å²) in [6.07, 6.45) is 3.70. The minimum absolute atomic E-state index is 0.0663. The molecule has 1 aromatic rings. The molecule has 1 aliphatic rings. The number of carbonyl (C=O) groups is 2. The lowest BCUT2D eigenvalue weighted by molar-refractivity contribution is -0.139. The third-order valence-electron chi connectivity index (χ3n) is 2.85. The number of aryl methyl sites for hydroxylation is 1. The molecule has 0 spiro atoms. The molecule has 0 bridgehead atoms. The topological polar surface area (TPSA) is 105 Å². The Morgan fingerprint density at radius 3 is 2.95 bits per heavy atom. The van der Waals surface area contributed by atoms with Crippen LogP contribution in [0.15, 0.2) is 12.4 Å². The smallest absolute Gasteiger partial charge is 0.331 e. The van der Waals surface area contributed by atoms with Crippen LogP contribution in [0.3, 0.4) is 0 Å². The van der Waals surface area contributed by atoms with Gasteiger partial charge in [-0.2, -0.15) is 5.10 Å².